The highest BCUT2D eigenvalue weighted by Crippen LogP contribution is 2.33. The molecule has 2 aromatic carbocycles. The lowest BCUT2D eigenvalue weighted by molar-refractivity contribution is -0.189. The smallest absolute Gasteiger partial charge is 0.280 e. The highest BCUT2D eigenvalue weighted by Gasteiger charge is 2.51. The van der Waals surface area contributed by atoms with Gasteiger partial charge in [0.1, 0.15) is 11.5 Å². The molecule has 1 fully saturated rings. The number of primary amides is 1. The third-order valence-electron chi connectivity index (χ3n) is 6.63. The summed E-state index contributed by atoms with van der Waals surface area (Å²) in [5.41, 5.74) is 8.14. The minimum Gasteiger partial charge on any atom is -0.497 e. The Bertz CT molecular complexity index is 1500. The summed E-state index contributed by atoms with van der Waals surface area (Å²) in [4.78, 5) is 30.7. The summed E-state index contributed by atoms with van der Waals surface area (Å²) in [5, 5.41) is 7.58. The number of aromatic nitrogens is 3. The van der Waals surface area contributed by atoms with E-state index in [1.807, 2.05) is 36.4 Å². The zero-order chi connectivity index (χ0) is 28.1. The van der Waals surface area contributed by atoms with Crippen LogP contribution in [0.15, 0.2) is 79.1 Å². The van der Waals surface area contributed by atoms with Gasteiger partial charge < -0.3 is 30.0 Å². The van der Waals surface area contributed by atoms with Gasteiger partial charge in [-0.15, -0.1) is 0 Å². The normalized spacial score (nSPS) is 14.8. The first-order valence-corrected chi connectivity index (χ1v) is 12.6. The van der Waals surface area contributed by atoms with E-state index in [1.165, 1.54) is 4.68 Å². The van der Waals surface area contributed by atoms with E-state index in [-0.39, 0.29) is 31.0 Å². The van der Waals surface area contributed by atoms with E-state index in [1.54, 1.807) is 56.9 Å². The van der Waals surface area contributed by atoms with Crippen molar-refractivity contribution in [3.05, 3.63) is 90.3 Å². The molecule has 1 unspecified atom stereocenters. The first-order valence-electron chi connectivity index (χ1n) is 12.6. The van der Waals surface area contributed by atoms with Crippen LogP contribution in [0.25, 0.3) is 17.1 Å². The zero-order valence-electron chi connectivity index (χ0n) is 22.1. The van der Waals surface area contributed by atoms with E-state index in [2.05, 4.69) is 15.4 Å². The number of carbonyl (C=O) groups excluding carboxylic acids is 2. The zero-order valence-corrected chi connectivity index (χ0v) is 22.1. The lowest BCUT2D eigenvalue weighted by atomic mass is 9.97. The number of amides is 2. The Labute approximate surface area is 230 Å². The second-order valence-corrected chi connectivity index (χ2v) is 9.03. The maximum atomic E-state index is 13.7. The molecule has 206 valence electrons. The molecule has 1 saturated heterocycles. The molecular weight excluding hydrogens is 514 g/mol. The number of rotatable bonds is 10. The molecule has 2 aromatic heterocycles. The predicted octanol–water partition coefficient (Wildman–Crippen LogP) is 2.52. The number of nitrogens with two attached hydrogens (primary N) is 1. The molecule has 0 saturated carbocycles. The Morgan fingerprint density at radius 1 is 1.05 bits per heavy atom. The Kier molecular flexibility index (Phi) is 7.76. The maximum Gasteiger partial charge on any atom is 0.280 e. The minimum absolute atomic E-state index is 0.173. The fraction of sp³-hybridized carbons (Fsp3) is 0.241. The van der Waals surface area contributed by atoms with E-state index >= 15 is 0 Å². The lowest BCUT2D eigenvalue weighted by Gasteiger charge is -2.33. The molecule has 11 heteroatoms. The molecule has 3 N–H and O–H groups in total. The molecule has 5 rings (SSSR count). The number of hydrogen-bond donors (Lipinski definition) is 2. The monoisotopic (exact) mass is 543 g/mol. The third-order valence-corrected chi connectivity index (χ3v) is 6.63. The van der Waals surface area contributed by atoms with Crippen LogP contribution in [0.3, 0.4) is 0 Å². The van der Waals surface area contributed by atoms with Crippen molar-refractivity contribution in [2.75, 3.05) is 27.4 Å². The van der Waals surface area contributed by atoms with E-state index in [0.717, 1.165) is 5.56 Å². The number of benzene rings is 2. The number of carbonyl (C=O) groups is 2. The van der Waals surface area contributed by atoms with Gasteiger partial charge in [-0.3, -0.25) is 9.59 Å². The maximum absolute atomic E-state index is 13.7. The number of hydrogen-bond acceptors (Lipinski definition) is 8. The van der Waals surface area contributed by atoms with Gasteiger partial charge in [0.2, 0.25) is 0 Å². The van der Waals surface area contributed by atoms with Crippen LogP contribution in [0, 0.1) is 0 Å². The van der Waals surface area contributed by atoms with Crippen LogP contribution in [-0.2, 0) is 20.7 Å². The van der Waals surface area contributed by atoms with Crippen molar-refractivity contribution in [3.63, 3.8) is 0 Å². The molecule has 0 bridgehead atoms. The first kappa shape index (κ1) is 26.9. The molecule has 11 nitrogen and oxygen atoms in total. The molecule has 40 heavy (non-hydrogen) atoms. The van der Waals surface area contributed by atoms with Gasteiger partial charge in [0.05, 0.1) is 44.7 Å². The van der Waals surface area contributed by atoms with Crippen LogP contribution in [0.2, 0.25) is 0 Å². The molecule has 0 radical (unpaired) electrons. The van der Waals surface area contributed by atoms with Crippen molar-refractivity contribution in [2.45, 2.75) is 18.2 Å². The molecule has 2 amide bonds. The highest BCUT2D eigenvalue weighted by molar-refractivity contribution is 5.98. The Hall–Kier alpha value is -4.74. The van der Waals surface area contributed by atoms with Crippen LogP contribution >= 0.6 is 0 Å². The fourth-order valence-corrected chi connectivity index (χ4v) is 4.67. The topological polar surface area (TPSA) is 140 Å². The van der Waals surface area contributed by atoms with Crippen LogP contribution in [0.4, 0.5) is 0 Å². The summed E-state index contributed by atoms with van der Waals surface area (Å²) in [6.45, 7) is 0.345. The molecule has 0 aliphatic carbocycles. The van der Waals surface area contributed by atoms with E-state index in [0.29, 0.717) is 22.8 Å². The third kappa shape index (κ3) is 5.24. The average molecular weight is 544 g/mol. The van der Waals surface area contributed by atoms with Gasteiger partial charge in [-0.2, -0.15) is 5.10 Å². The van der Waals surface area contributed by atoms with Crippen molar-refractivity contribution in [3.8, 4) is 28.6 Å². The van der Waals surface area contributed by atoms with Gasteiger partial charge in [0, 0.05) is 18.0 Å². The highest BCUT2D eigenvalue weighted by atomic mass is 16.7. The Balaban J connectivity index is 1.48. The number of nitrogens with zero attached hydrogens (tertiary/aromatic N) is 3. The van der Waals surface area contributed by atoms with Crippen LogP contribution in [0.5, 0.6) is 11.5 Å². The summed E-state index contributed by atoms with van der Waals surface area (Å²) in [7, 11) is 3.16. The van der Waals surface area contributed by atoms with Crippen molar-refractivity contribution in [1.29, 1.82) is 0 Å². The van der Waals surface area contributed by atoms with Crippen LogP contribution < -0.4 is 20.5 Å². The second-order valence-electron chi connectivity index (χ2n) is 9.03. The number of nitrogens with one attached hydrogen (secondary N) is 1. The van der Waals surface area contributed by atoms with E-state index in [9.17, 15) is 9.59 Å². The summed E-state index contributed by atoms with van der Waals surface area (Å²) >= 11 is 0. The largest absolute Gasteiger partial charge is 0.497 e. The van der Waals surface area contributed by atoms with Gasteiger partial charge in [0.15, 0.2) is 5.82 Å². The molecule has 1 aliphatic heterocycles. The predicted molar refractivity (Wildman–Crippen MR) is 145 cm³/mol. The number of pyridine rings is 1. The summed E-state index contributed by atoms with van der Waals surface area (Å²) in [6, 6.07) is 18.9. The SMILES string of the molecule is COc1ccc(OC)c(-c2ccn(-c3ncccc3C(=O)NC(Cc3ccccc3)C3(C(N)=O)OCCO3)n2)c1. The van der Waals surface area contributed by atoms with Crippen LogP contribution in [0.1, 0.15) is 15.9 Å². The number of ether oxygens (including phenoxy) is 4. The molecular formula is C29H29N5O6. The first-order chi connectivity index (χ1) is 19.4. The fourth-order valence-electron chi connectivity index (χ4n) is 4.67. The molecule has 1 atom stereocenters. The molecule has 0 spiro atoms. The second kappa shape index (κ2) is 11.6. The quantitative estimate of drug-likeness (QED) is 0.311. The van der Waals surface area contributed by atoms with E-state index in [4.69, 9.17) is 24.7 Å². The van der Waals surface area contributed by atoms with Gasteiger partial charge in [-0.25, -0.2) is 9.67 Å². The summed E-state index contributed by atoms with van der Waals surface area (Å²) in [5.74, 6) is -1.58. The summed E-state index contributed by atoms with van der Waals surface area (Å²) in [6.07, 6.45) is 3.50. The lowest BCUT2D eigenvalue weighted by Crippen LogP contribution is -2.61. The Morgan fingerprint density at radius 2 is 1.82 bits per heavy atom. The molecule has 4 aromatic rings. The van der Waals surface area contributed by atoms with Gasteiger partial charge in [0.25, 0.3) is 17.6 Å². The van der Waals surface area contributed by atoms with Crippen molar-refractivity contribution in [2.24, 2.45) is 5.73 Å². The minimum atomic E-state index is -1.81. The van der Waals surface area contributed by atoms with Crippen LogP contribution in [-0.4, -0.2) is 65.8 Å². The van der Waals surface area contributed by atoms with Crippen molar-refractivity contribution >= 4 is 11.8 Å². The van der Waals surface area contributed by atoms with Gasteiger partial charge in [-0.05, 0) is 48.4 Å². The van der Waals surface area contributed by atoms with Crippen molar-refractivity contribution in [1.82, 2.24) is 20.1 Å². The standard InChI is InChI=1S/C29H29N5O6/c1-37-20-10-11-24(38-2)22(18-20)23-12-14-34(33-23)26-21(9-6-13-31-26)27(35)32-25(17-19-7-4-3-5-8-19)29(28(30)36)39-15-16-40-29/h3-14,18,25H,15-17H2,1-2H3,(H2,30,36)(H,32,35). The Morgan fingerprint density at radius 3 is 2.52 bits per heavy atom. The average Bonchev–Trinajstić information content (AvgIpc) is 3.68. The summed E-state index contributed by atoms with van der Waals surface area (Å²) < 4.78 is 23.8. The number of methoxy groups -OCH3 is 2. The van der Waals surface area contributed by atoms with Crippen molar-refractivity contribution < 1.29 is 28.5 Å². The van der Waals surface area contributed by atoms with Gasteiger partial charge >= 0.3 is 0 Å². The van der Waals surface area contributed by atoms with E-state index < -0.39 is 23.6 Å². The van der Waals surface area contributed by atoms with Gasteiger partial charge in [-0.1, -0.05) is 30.3 Å². The molecule has 3 heterocycles. The molecule has 1 aliphatic rings.